The SMILES string of the molecule is CC(C)(C)C1CC2CCCC(C1)N2. The zero-order valence-electron chi connectivity index (χ0n) is 9.27. The van der Waals surface area contributed by atoms with Gasteiger partial charge in [-0.15, -0.1) is 0 Å². The summed E-state index contributed by atoms with van der Waals surface area (Å²) in [5.41, 5.74) is 0.524. The Balaban J connectivity index is 2.01. The maximum absolute atomic E-state index is 3.75. The van der Waals surface area contributed by atoms with Crippen LogP contribution in [-0.2, 0) is 0 Å². The molecule has 0 saturated carbocycles. The van der Waals surface area contributed by atoms with E-state index in [1.807, 2.05) is 0 Å². The summed E-state index contributed by atoms with van der Waals surface area (Å²) in [6.45, 7) is 7.20. The minimum absolute atomic E-state index is 0.524. The van der Waals surface area contributed by atoms with Crippen LogP contribution in [0, 0.1) is 11.3 Å². The molecule has 0 radical (unpaired) electrons. The second kappa shape index (κ2) is 3.27. The number of piperidine rings is 2. The van der Waals surface area contributed by atoms with Crippen LogP contribution in [0.15, 0.2) is 0 Å². The maximum Gasteiger partial charge on any atom is 0.00725 e. The quantitative estimate of drug-likeness (QED) is 0.606. The van der Waals surface area contributed by atoms with Gasteiger partial charge in [-0.2, -0.15) is 0 Å². The minimum Gasteiger partial charge on any atom is -0.311 e. The normalized spacial score (nSPS) is 40.4. The summed E-state index contributed by atoms with van der Waals surface area (Å²) >= 11 is 0. The van der Waals surface area contributed by atoms with Crippen molar-refractivity contribution in [2.45, 2.75) is 65.0 Å². The number of nitrogens with one attached hydrogen (secondary N) is 1. The van der Waals surface area contributed by atoms with Crippen molar-refractivity contribution in [3.05, 3.63) is 0 Å². The third kappa shape index (κ3) is 2.07. The van der Waals surface area contributed by atoms with Gasteiger partial charge in [0, 0.05) is 12.1 Å². The van der Waals surface area contributed by atoms with Gasteiger partial charge < -0.3 is 5.32 Å². The van der Waals surface area contributed by atoms with Gasteiger partial charge in [-0.1, -0.05) is 27.2 Å². The van der Waals surface area contributed by atoms with E-state index < -0.39 is 0 Å². The average Bonchev–Trinajstić information content (AvgIpc) is 2.01. The molecule has 0 spiro atoms. The largest absolute Gasteiger partial charge is 0.311 e. The minimum atomic E-state index is 0.524. The number of rotatable bonds is 0. The van der Waals surface area contributed by atoms with Crippen LogP contribution in [0.3, 0.4) is 0 Å². The monoisotopic (exact) mass is 181 g/mol. The third-order valence-corrected chi connectivity index (χ3v) is 3.94. The Morgan fingerprint density at radius 1 is 1.00 bits per heavy atom. The topological polar surface area (TPSA) is 12.0 Å². The standard InChI is InChI=1S/C12H23N/c1-12(2,3)9-7-10-5-4-6-11(8-9)13-10/h9-11,13H,4-8H2,1-3H3. The maximum atomic E-state index is 3.75. The Labute approximate surface area is 82.3 Å². The molecule has 2 aliphatic rings. The van der Waals surface area contributed by atoms with E-state index in [0.717, 1.165) is 18.0 Å². The van der Waals surface area contributed by atoms with Crippen LogP contribution in [0.1, 0.15) is 52.9 Å². The molecular formula is C12H23N. The van der Waals surface area contributed by atoms with E-state index in [1.54, 1.807) is 0 Å². The molecule has 2 unspecified atom stereocenters. The van der Waals surface area contributed by atoms with Crippen molar-refractivity contribution in [3.63, 3.8) is 0 Å². The smallest absolute Gasteiger partial charge is 0.00725 e. The summed E-state index contributed by atoms with van der Waals surface area (Å²) in [6, 6.07) is 1.69. The fraction of sp³-hybridized carbons (Fsp3) is 1.00. The summed E-state index contributed by atoms with van der Waals surface area (Å²) < 4.78 is 0. The van der Waals surface area contributed by atoms with Crippen LogP contribution in [-0.4, -0.2) is 12.1 Å². The Hall–Kier alpha value is -0.0400. The van der Waals surface area contributed by atoms with Crippen molar-refractivity contribution < 1.29 is 0 Å². The Kier molecular flexibility index (Phi) is 2.39. The van der Waals surface area contributed by atoms with Crippen molar-refractivity contribution in [1.29, 1.82) is 0 Å². The van der Waals surface area contributed by atoms with E-state index in [1.165, 1.54) is 32.1 Å². The first kappa shape index (κ1) is 9.51. The fourth-order valence-electron chi connectivity index (χ4n) is 2.97. The first-order valence-electron chi connectivity index (χ1n) is 5.82. The van der Waals surface area contributed by atoms with Gasteiger partial charge in [0.25, 0.3) is 0 Å². The highest BCUT2D eigenvalue weighted by Crippen LogP contribution is 2.39. The van der Waals surface area contributed by atoms with Gasteiger partial charge in [0.15, 0.2) is 0 Å². The lowest BCUT2D eigenvalue weighted by Crippen LogP contribution is -2.50. The summed E-state index contributed by atoms with van der Waals surface area (Å²) in [6.07, 6.45) is 7.13. The molecule has 0 aliphatic carbocycles. The van der Waals surface area contributed by atoms with Crippen LogP contribution in [0.2, 0.25) is 0 Å². The van der Waals surface area contributed by atoms with E-state index in [4.69, 9.17) is 0 Å². The lowest BCUT2D eigenvalue weighted by atomic mass is 9.69. The lowest BCUT2D eigenvalue weighted by Gasteiger charge is -2.45. The lowest BCUT2D eigenvalue weighted by molar-refractivity contribution is 0.104. The predicted octanol–water partition coefficient (Wildman–Crippen LogP) is 2.95. The molecule has 76 valence electrons. The Morgan fingerprint density at radius 2 is 1.54 bits per heavy atom. The van der Waals surface area contributed by atoms with Gasteiger partial charge in [0.2, 0.25) is 0 Å². The highest BCUT2D eigenvalue weighted by atomic mass is 15.0. The number of hydrogen-bond donors (Lipinski definition) is 1. The summed E-state index contributed by atoms with van der Waals surface area (Å²) in [5.74, 6) is 0.948. The first-order chi connectivity index (χ1) is 6.05. The third-order valence-electron chi connectivity index (χ3n) is 3.94. The van der Waals surface area contributed by atoms with E-state index in [0.29, 0.717) is 5.41 Å². The molecular weight excluding hydrogens is 158 g/mol. The molecule has 0 amide bonds. The van der Waals surface area contributed by atoms with Crippen molar-refractivity contribution >= 4 is 0 Å². The second-order valence-electron chi connectivity index (χ2n) is 6.03. The van der Waals surface area contributed by atoms with Gasteiger partial charge in [0.05, 0.1) is 0 Å². The van der Waals surface area contributed by atoms with E-state index in [2.05, 4.69) is 26.1 Å². The van der Waals surface area contributed by atoms with E-state index >= 15 is 0 Å². The van der Waals surface area contributed by atoms with Gasteiger partial charge in [-0.3, -0.25) is 0 Å². The number of hydrogen-bond acceptors (Lipinski definition) is 1. The molecule has 2 atom stereocenters. The molecule has 0 aromatic heterocycles. The van der Waals surface area contributed by atoms with Crippen molar-refractivity contribution in [2.24, 2.45) is 11.3 Å². The second-order valence-corrected chi connectivity index (χ2v) is 6.03. The molecule has 2 fully saturated rings. The fourth-order valence-corrected chi connectivity index (χ4v) is 2.97. The Morgan fingerprint density at radius 3 is 2.00 bits per heavy atom. The Bertz CT molecular complexity index is 168. The van der Waals surface area contributed by atoms with Crippen molar-refractivity contribution in [3.8, 4) is 0 Å². The van der Waals surface area contributed by atoms with Crippen molar-refractivity contribution in [1.82, 2.24) is 5.32 Å². The van der Waals surface area contributed by atoms with Crippen LogP contribution in [0.5, 0.6) is 0 Å². The predicted molar refractivity (Wildman–Crippen MR) is 56.7 cm³/mol. The van der Waals surface area contributed by atoms with Gasteiger partial charge in [0.1, 0.15) is 0 Å². The molecule has 0 aromatic carbocycles. The molecule has 2 rings (SSSR count). The molecule has 13 heavy (non-hydrogen) atoms. The summed E-state index contributed by atoms with van der Waals surface area (Å²) in [4.78, 5) is 0. The van der Waals surface area contributed by atoms with Crippen LogP contribution < -0.4 is 5.32 Å². The van der Waals surface area contributed by atoms with Crippen LogP contribution in [0.25, 0.3) is 0 Å². The van der Waals surface area contributed by atoms with E-state index in [9.17, 15) is 0 Å². The zero-order chi connectivity index (χ0) is 9.47. The van der Waals surface area contributed by atoms with E-state index in [-0.39, 0.29) is 0 Å². The highest BCUT2D eigenvalue weighted by Gasteiger charge is 2.36. The molecule has 2 heterocycles. The van der Waals surface area contributed by atoms with Crippen molar-refractivity contribution in [2.75, 3.05) is 0 Å². The molecule has 1 nitrogen and oxygen atoms in total. The molecule has 2 saturated heterocycles. The molecule has 0 aromatic rings. The van der Waals surface area contributed by atoms with Crippen LogP contribution in [0.4, 0.5) is 0 Å². The van der Waals surface area contributed by atoms with Crippen LogP contribution >= 0.6 is 0 Å². The summed E-state index contributed by atoms with van der Waals surface area (Å²) in [5, 5.41) is 3.75. The zero-order valence-corrected chi connectivity index (χ0v) is 9.27. The van der Waals surface area contributed by atoms with Gasteiger partial charge in [-0.25, -0.2) is 0 Å². The molecule has 1 N–H and O–H groups in total. The number of fused-ring (bicyclic) bond motifs is 2. The van der Waals surface area contributed by atoms with Gasteiger partial charge >= 0.3 is 0 Å². The molecule has 2 bridgehead atoms. The van der Waals surface area contributed by atoms with Gasteiger partial charge in [-0.05, 0) is 37.0 Å². The first-order valence-corrected chi connectivity index (χ1v) is 5.82. The average molecular weight is 181 g/mol. The molecule has 1 heteroatoms. The summed E-state index contributed by atoms with van der Waals surface area (Å²) in [7, 11) is 0. The molecule has 2 aliphatic heterocycles. The highest BCUT2D eigenvalue weighted by molar-refractivity contribution is 4.92.